The molecule has 0 unspecified atom stereocenters. The molecule has 0 aliphatic heterocycles. The standard InChI is InChI=1S/C18H21F2N3O3S/c1-12(14-4-7-16(19)17(20)10-14)23-11-18(24)22-9-8-13-2-5-15(6-3-13)27(21,25)26/h2-7,10,12,23H,8-9,11H2,1H3,(H,22,24)(H2,21,25,26)/t12-/m1/s1. The van der Waals surface area contributed by atoms with Gasteiger partial charge in [0.25, 0.3) is 0 Å². The molecule has 1 atom stereocenters. The van der Waals surface area contributed by atoms with E-state index in [9.17, 15) is 22.0 Å². The second kappa shape index (κ2) is 9.03. The fourth-order valence-electron chi connectivity index (χ4n) is 2.40. The van der Waals surface area contributed by atoms with Crippen molar-refractivity contribution in [2.45, 2.75) is 24.3 Å². The number of sulfonamides is 1. The maximum absolute atomic E-state index is 13.2. The molecular formula is C18H21F2N3O3S. The Morgan fingerprint density at radius 2 is 1.78 bits per heavy atom. The zero-order chi connectivity index (χ0) is 20.0. The van der Waals surface area contributed by atoms with Crippen molar-refractivity contribution in [2.24, 2.45) is 5.14 Å². The van der Waals surface area contributed by atoms with Gasteiger partial charge < -0.3 is 10.6 Å². The van der Waals surface area contributed by atoms with Gasteiger partial charge >= 0.3 is 0 Å². The first kappa shape index (κ1) is 20.9. The van der Waals surface area contributed by atoms with Gasteiger partial charge in [0, 0.05) is 12.6 Å². The third kappa shape index (κ3) is 6.38. The topological polar surface area (TPSA) is 101 Å². The number of halogens is 2. The fraction of sp³-hybridized carbons (Fsp3) is 0.278. The predicted octanol–water partition coefficient (Wildman–Crippen LogP) is 1.62. The molecule has 27 heavy (non-hydrogen) atoms. The molecule has 2 aromatic carbocycles. The summed E-state index contributed by atoms with van der Waals surface area (Å²) < 4.78 is 48.5. The quantitative estimate of drug-likeness (QED) is 0.630. The monoisotopic (exact) mass is 397 g/mol. The van der Waals surface area contributed by atoms with Crippen molar-refractivity contribution in [3.05, 3.63) is 65.2 Å². The Morgan fingerprint density at radius 1 is 1.11 bits per heavy atom. The fourth-order valence-corrected chi connectivity index (χ4v) is 2.92. The van der Waals surface area contributed by atoms with Crippen molar-refractivity contribution in [3.63, 3.8) is 0 Å². The van der Waals surface area contributed by atoms with Crippen LogP contribution in [0.1, 0.15) is 24.1 Å². The van der Waals surface area contributed by atoms with Crippen LogP contribution in [0.3, 0.4) is 0 Å². The van der Waals surface area contributed by atoms with Gasteiger partial charge in [-0.3, -0.25) is 4.79 Å². The normalized spacial score (nSPS) is 12.6. The van der Waals surface area contributed by atoms with Crippen LogP contribution in [-0.2, 0) is 21.2 Å². The summed E-state index contributed by atoms with van der Waals surface area (Å²) in [5.41, 5.74) is 1.39. The van der Waals surface area contributed by atoms with E-state index < -0.39 is 21.7 Å². The minimum atomic E-state index is -3.72. The lowest BCUT2D eigenvalue weighted by molar-refractivity contribution is -0.120. The number of nitrogens with one attached hydrogen (secondary N) is 2. The van der Waals surface area contributed by atoms with Gasteiger partial charge in [-0.2, -0.15) is 0 Å². The SMILES string of the molecule is C[C@@H](NCC(=O)NCCc1ccc(S(N)(=O)=O)cc1)c1ccc(F)c(F)c1. The van der Waals surface area contributed by atoms with Crippen molar-refractivity contribution >= 4 is 15.9 Å². The van der Waals surface area contributed by atoms with E-state index in [0.717, 1.165) is 17.7 Å². The molecule has 0 bridgehead atoms. The first-order chi connectivity index (χ1) is 12.7. The van der Waals surface area contributed by atoms with E-state index in [1.54, 1.807) is 19.1 Å². The predicted molar refractivity (Wildman–Crippen MR) is 97.3 cm³/mol. The molecule has 0 aliphatic carbocycles. The van der Waals surface area contributed by atoms with Crippen LogP contribution < -0.4 is 15.8 Å². The van der Waals surface area contributed by atoms with E-state index in [0.29, 0.717) is 18.5 Å². The molecule has 146 valence electrons. The highest BCUT2D eigenvalue weighted by Crippen LogP contribution is 2.15. The summed E-state index contributed by atoms with van der Waals surface area (Å²) in [6.45, 7) is 2.13. The van der Waals surface area contributed by atoms with Gasteiger partial charge in [-0.05, 0) is 48.7 Å². The Hall–Kier alpha value is -2.36. The molecule has 0 saturated heterocycles. The highest BCUT2D eigenvalue weighted by molar-refractivity contribution is 7.89. The van der Waals surface area contributed by atoms with Gasteiger partial charge in [0.1, 0.15) is 0 Å². The van der Waals surface area contributed by atoms with Crippen LogP contribution in [0.25, 0.3) is 0 Å². The van der Waals surface area contributed by atoms with Gasteiger partial charge in [0.15, 0.2) is 11.6 Å². The summed E-state index contributed by atoms with van der Waals surface area (Å²) in [6, 6.07) is 9.37. The second-order valence-electron chi connectivity index (χ2n) is 6.07. The highest BCUT2D eigenvalue weighted by Gasteiger charge is 2.11. The minimum Gasteiger partial charge on any atom is -0.355 e. The summed E-state index contributed by atoms with van der Waals surface area (Å²) in [5.74, 6) is -2.09. The lowest BCUT2D eigenvalue weighted by atomic mass is 10.1. The number of benzene rings is 2. The van der Waals surface area contributed by atoms with Crippen LogP contribution >= 0.6 is 0 Å². The number of carbonyl (C=O) groups is 1. The Kier molecular flexibility index (Phi) is 7.00. The van der Waals surface area contributed by atoms with E-state index >= 15 is 0 Å². The van der Waals surface area contributed by atoms with E-state index in [4.69, 9.17) is 5.14 Å². The first-order valence-electron chi connectivity index (χ1n) is 8.23. The molecule has 1 amide bonds. The summed E-state index contributed by atoms with van der Waals surface area (Å²) in [5, 5.41) is 10.7. The van der Waals surface area contributed by atoms with E-state index in [-0.39, 0.29) is 23.4 Å². The molecule has 2 rings (SSSR count). The molecule has 6 nitrogen and oxygen atoms in total. The number of primary sulfonamides is 1. The maximum Gasteiger partial charge on any atom is 0.238 e. The average Bonchev–Trinajstić information content (AvgIpc) is 2.61. The van der Waals surface area contributed by atoms with Gasteiger partial charge in [-0.15, -0.1) is 0 Å². The third-order valence-corrected chi connectivity index (χ3v) is 4.93. The number of nitrogens with two attached hydrogens (primary N) is 1. The van der Waals surface area contributed by atoms with Crippen LogP contribution in [0.5, 0.6) is 0 Å². The number of hydrogen-bond acceptors (Lipinski definition) is 4. The number of carbonyl (C=O) groups excluding carboxylic acids is 1. The highest BCUT2D eigenvalue weighted by atomic mass is 32.2. The minimum absolute atomic E-state index is 0.0184. The van der Waals surface area contributed by atoms with E-state index in [1.807, 2.05) is 0 Å². The number of rotatable bonds is 8. The summed E-state index contributed by atoms with van der Waals surface area (Å²) >= 11 is 0. The summed E-state index contributed by atoms with van der Waals surface area (Å²) in [7, 11) is -3.72. The molecule has 0 heterocycles. The molecule has 9 heteroatoms. The number of hydrogen-bond donors (Lipinski definition) is 3. The zero-order valence-electron chi connectivity index (χ0n) is 14.7. The molecule has 0 aromatic heterocycles. The van der Waals surface area contributed by atoms with Crippen molar-refractivity contribution in [3.8, 4) is 0 Å². The van der Waals surface area contributed by atoms with Gasteiger partial charge in [0.05, 0.1) is 11.4 Å². The van der Waals surface area contributed by atoms with Crippen LogP contribution in [0.15, 0.2) is 47.4 Å². The van der Waals surface area contributed by atoms with Crippen LogP contribution in [0.4, 0.5) is 8.78 Å². The van der Waals surface area contributed by atoms with Crippen molar-refractivity contribution in [2.75, 3.05) is 13.1 Å². The Labute approximate surface area is 156 Å². The molecule has 4 N–H and O–H groups in total. The molecule has 0 spiro atoms. The summed E-state index contributed by atoms with van der Waals surface area (Å²) in [4.78, 5) is 11.9. The third-order valence-electron chi connectivity index (χ3n) is 4.00. The maximum atomic E-state index is 13.2. The van der Waals surface area contributed by atoms with Gasteiger partial charge in [-0.25, -0.2) is 22.3 Å². The molecule has 0 saturated carbocycles. The zero-order valence-corrected chi connectivity index (χ0v) is 15.5. The number of amides is 1. The molecule has 0 fully saturated rings. The first-order valence-corrected chi connectivity index (χ1v) is 9.78. The average molecular weight is 397 g/mol. The lowest BCUT2D eigenvalue weighted by Crippen LogP contribution is -2.36. The second-order valence-corrected chi connectivity index (χ2v) is 7.63. The van der Waals surface area contributed by atoms with E-state index in [2.05, 4.69) is 10.6 Å². The Morgan fingerprint density at radius 3 is 2.37 bits per heavy atom. The Balaban J connectivity index is 1.75. The molecular weight excluding hydrogens is 376 g/mol. The summed E-state index contributed by atoms with van der Waals surface area (Å²) in [6.07, 6.45) is 0.523. The largest absolute Gasteiger partial charge is 0.355 e. The van der Waals surface area contributed by atoms with Gasteiger partial charge in [0.2, 0.25) is 15.9 Å². The van der Waals surface area contributed by atoms with Crippen molar-refractivity contribution in [1.29, 1.82) is 0 Å². The van der Waals surface area contributed by atoms with Crippen LogP contribution in [-0.4, -0.2) is 27.4 Å². The molecule has 0 aliphatic rings. The molecule has 2 aromatic rings. The smallest absolute Gasteiger partial charge is 0.238 e. The van der Waals surface area contributed by atoms with Crippen molar-refractivity contribution in [1.82, 2.24) is 10.6 Å². The van der Waals surface area contributed by atoms with Crippen molar-refractivity contribution < 1.29 is 22.0 Å². The molecule has 0 radical (unpaired) electrons. The van der Waals surface area contributed by atoms with E-state index in [1.165, 1.54) is 18.2 Å². The Bertz CT molecular complexity index is 903. The lowest BCUT2D eigenvalue weighted by Gasteiger charge is -2.14. The van der Waals surface area contributed by atoms with Gasteiger partial charge in [-0.1, -0.05) is 18.2 Å². The van der Waals surface area contributed by atoms with Crippen LogP contribution in [0.2, 0.25) is 0 Å². The van der Waals surface area contributed by atoms with Crippen LogP contribution in [0, 0.1) is 11.6 Å².